The van der Waals surface area contributed by atoms with E-state index in [0.29, 0.717) is 6.42 Å². The Hall–Kier alpha value is -1.66. The zero-order valence-electron chi connectivity index (χ0n) is 10.9. The summed E-state index contributed by atoms with van der Waals surface area (Å²) < 4.78 is 0. The first-order valence-corrected chi connectivity index (χ1v) is 6.90. The number of aromatic nitrogens is 1. The van der Waals surface area contributed by atoms with Gasteiger partial charge in [-0.3, -0.25) is 0 Å². The van der Waals surface area contributed by atoms with Gasteiger partial charge < -0.3 is 0 Å². The summed E-state index contributed by atoms with van der Waals surface area (Å²) in [5.41, 5.74) is 6.19. The van der Waals surface area contributed by atoms with E-state index in [4.69, 9.17) is 5.26 Å². The molecule has 1 heterocycles. The average Bonchev–Trinajstić information content (AvgIpc) is 2.82. The van der Waals surface area contributed by atoms with Crippen LogP contribution < -0.4 is 0 Å². The van der Waals surface area contributed by atoms with Gasteiger partial charge >= 0.3 is 0 Å². The predicted molar refractivity (Wildman–Crippen MR) is 75.7 cm³/mol. The van der Waals surface area contributed by atoms with Gasteiger partial charge in [0, 0.05) is 23.8 Å². The maximum atomic E-state index is 8.59. The summed E-state index contributed by atoms with van der Waals surface area (Å²) in [4.78, 5) is 4.62. The quantitative estimate of drug-likeness (QED) is 0.825. The summed E-state index contributed by atoms with van der Waals surface area (Å²) in [6, 6.07) is 6.44. The number of nitriles is 1. The predicted octanol–water partition coefficient (Wildman–Crippen LogP) is 4.19. The van der Waals surface area contributed by atoms with Crippen LogP contribution in [0.25, 0.3) is 11.3 Å². The second kappa shape index (κ2) is 5.32. The fourth-order valence-electron chi connectivity index (χ4n) is 1.95. The molecule has 2 rings (SSSR count). The second-order valence-corrected chi connectivity index (χ2v) is 5.41. The zero-order valence-corrected chi connectivity index (χ0v) is 11.8. The fourth-order valence-corrected chi connectivity index (χ4v) is 2.74. The molecule has 2 aromatic rings. The SMILES string of the molecule is Cc1ccc(-c2csc(CCC#N)n2)c(C)c1C. The van der Waals surface area contributed by atoms with Crippen molar-refractivity contribution >= 4 is 11.3 Å². The molecule has 0 radical (unpaired) electrons. The summed E-state index contributed by atoms with van der Waals surface area (Å²) in [7, 11) is 0. The molecule has 18 heavy (non-hydrogen) atoms. The smallest absolute Gasteiger partial charge is 0.0942 e. The molecule has 0 N–H and O–H groups in total. The average molecular weight is 256 g/mol. The monoisotopic (exact) mass is 256 g/mol. The van der Waals surface area contributed by atoms with Gasteiger partial charge in [0.15, 0.2) is 0 Å². The Kier molecular flexibility index (Phi) is 3.78. The van der Waals surface area contributed by atoms with Crippen molar-refractivity contribution in [3.63, 3.8) is 0 Å². The normalized spacial score (nSPS) is 10.3. The van der Waals surface area contributed by atoms with Gasteiger partial charge in [-0.15, -0.1) is 11.3 Å². The molecule has 2 nitrogen and oxygen atoms in total. The minimum atomic E-state index is 0.541. The topological polar surface area (TPSA) is 36.7 Å². The van der Waals surface area contributed by atoms with Crippen molar-refractivity contribution in [1.29, 1.82) is 5.26 Å². The van der Waals surface area contributed by atoms with Gasteiger partial charge in [-0.1, -0.05) is 12.1 Å². The summed E-state index contributed by atoms with van der Waals surface area (Å²) in [5, 5.41) is 11.7. The van der Waals surface area contributed by atoms with Gasteiger partial charge in [-0.25, -0.2) is 4.98 Å². The third kappa shape index (κ3) is 2.44. The lowest BCUT2D eigenvalue weighted by atomic mass is 9.97. The first-order valence-electron chi connectivity index (χ1n) is 6.02. The maximum absolute atomic E-state index is 8.59. The molecule has 0 aliphatic carbocycles. The highest BCUT2D eigenvalue weighted by atomic mass is 32.1. The molecule has 0 spiro atoms. The van der Waals surface area contributed by atoms with Crippen molar-refractivity contribution in [3.8, 4) is 17.3 Å². The van der Waals surface area contributed by atoms with Crippen LogP contribution in [0.2, 0.25) is 0 Å². The van der Waals surface area contributed by atoms with Gasteiger partial charge in [-0.05, 0) is 37.5 Å². The molecule has 0 atom stereocenters. The Labute approximate surface area is 112 Å². The molecular formula is C15H16N2S. The second-order valence-electron chi connectivity index (χ2n) is 4.46. The first-order chi connectivity index (χ1) is 8.63. The fraction of sp³-hybridized carbons (Fsp3) is 0.333. The van der Waals surface area contributed by atoms with Crippen LogP contribution in [0.3, 0.4) is 0 Å². The first kappa shape index (κ1) is 12.8. The van der Waals surface area contributed by atoms with Gasteiger partial charge in [-0.2, -0.15) is 5.26 Å². The van der Waals surface area contributed by atoms with E-state index in [1.54, 1.807) is 11.3 Å². The van der Waals surface area contributed by atoms with E-state index in [9.17, 15) is 0 Å². The minimum absolute atomic E-state index is 0.541. The van der Waals surface area contributed by atoms with Crippen LogP contribution in [-0.2, 0) is 6.42 Å². The number of nitrogens with zero attached hydrogens (tertiary/aromatic N) is 2. The molecule has 1 aromatic heterocycles. The maximum Gasteiger partial charge on any atom is 0.0942 e. The van der Waals surface area contributed by atoms with Crippen molar-refractivity contribution in [2.45, 2.75) is 33.6 Å². The van der Waals surface area contributed by atoms with E-state index in [-0.39, 0.29) is 0 Å². The number of hydrogen-bond acceptors (Lipinski definition) is 3. The molecule has 3 heteroatoms. The Morgan fingerprint density at radius 2 is 2.00 bits per heavy atom. The van der Waals surface area contributed by atoms with Crippen molar-refractivity contribution in [1.82, 2.24) is 4.98 Å². The van der Waals surface area contributed by atoms with Crippen LogP contribution in [0.1, 0.15) is 28.1 Å². The molecule has 0 aliphatic heterocycles. The van der Waals surface area contributed by atoms with Crippen molar-refractivity contribution < 1.29 is 0 Å². The van der Waals surface area contributed by atoms with E-state index >= 15 is 0 Å². The van der Waals surface area contributed by atoms with Gasteiger partial charge in [0.1, 0.15) is 0 Å². The number of hydrogen-bond donors (Lipinski definition) is 0. The summed E-state index contributed by atoms with van der Waals surface area (Å²) in [6.45, 7) is 6.43. The van der Waals surface area contributed by atoms with E-state index in [1.807, 2.05) is 0 Å². The molecular weight excluding hydrogens is 240 g/mol. The van der Waals surface area contributed by atoms with E-state index in [1.165, 1.54) is 22.3 Å². The minimum Gasteiger partial charge on any atom is -0.241 e. The van der Waals surface area contributed by atoms with Crippen molar-refractivity contribution in [3.05, 3.63) is 39.2 Å². The van der Waals surface area contributed by atoms with E-state index < -0.39 is 0 Å². The molecule has 0 fully saturated rings. The molecule has 0 aliphatic rings. The standard InChI is InChI=1S/C15H16N2S/c1-10-6-7-13(12(3)11(10)2)14-9-18-15(17-14)5-4-8-16/h6-7,9H,4-5H2,1-3H3. The van der Waals surface area contributed by atoms with Crippen LogP contribution in [0.15, 0.2) is 17.5 Å². The molecule has 0 saturated carbocycles. The Bertz CT molecular complexity index is 605. The third-order valence-corrected chi connectivity index (χ3v) is 4.24. The van der Waals surface area contributed by atoms with Crippen LogP contribution in [0.4, 0.5) is 0 Å². The summed E-state index contributed by atoms with van der Waals surface area (Å²) >= 11 is 1.64. The van der Waals surface area contributed by atoms with Gasteiger partial charge in [0.2, 0.25) is 0 Å². The highest BCUT2D eigenvalue weighted by Gasteiger charge is 2.09. The number of benzene rings is 1. The van der Waals surface area contributed by atoms with Crippen LogP contribution >= 0.6 is 11.3 Å². The highest BCUT2D eigenvalue weighted by molar-refractivity contribution is 7.09. The molecule has 92 valence electrons. The Morgan fingerprint density at radius 1 is 1.22 bits per heavy atom. The van der Waals surface area contributed by atoms with Gasteiger partial charge in [0.05, 0.1) is 16.8 Å². The summed E-state index contributed by atoms with van der Waals surface area (Å²) in [6.07, 6.45) is 1.30. The molecule has 0 unspecified atom stereocenters. The highest BCUT2D eigenvalue weighted by Crippen LogP contribution is 2.28. The lowest BCUT2D eigenvalue weighted by molar-refractivity contribution is 0.990. The third-order valence-electron chi connectivity index (χ3n) is 3.34. The van der Waals surface area contributed by atoms with Crippen molar-refractivity contribution in [2.75, 3.05) is 0 Å². The van der Waals surface area contributed by atoms with Crippen LogP contribution in [0, 0.1) is 32.1 Å². The van der Waals surface area contributed by atoms with Crippen molar-refractivity contribution in [2.24, 2.45) is 0 Å². The van der Waals surface area contributed by atoms with Gasteiger partial charge in [0.25, 0.3) is 0 Å². The largest absolute Gasteiger partial charge is 0.241 e. The molecule has 1 aromatic carbocycles. The van der Waals surface area contributed by atoms with E-state index in [2.05, 4.69) is 49.3 Å². The Morgan fingerprint density at radius 3 is 2.72 bits per heavy atom. The summed E-state index contributed by atoms with van der Waals surface area (Å²) in [5.74, 6) is 0. The molecule has 0 saturated heterocycles. The Balaban J connectivity index is 2.35. The van der Waals surface area contributed by atoms with Crippen LogP contribution in [-0.4, -0.2) is 4.98 Å². The lowest BCUT2D eigenvalue weighted by Crippen LogP contribution is -1.91. The lowest BCUT2D eigenvalue weighted by Gasteiger charge is -2.09. The zero-order chi connectivity index (χ0) is 13.1. The number of thiazole rings is 1. The number of rotatable bonds is 3. The molecule has 0 bridgehead atoms. The van der Waals surface area contributed by atoms with E-state index in [0.717, 1.165) is 17.1 Å². The number of aryl methyl sites for hydroxylation is 2. The molecule has 0 amide bonds. The van der Waals surface area contributed by atoms with Crippen LogP contribution in [0.5, 0.6) is 0 Å².